The van der Waals surface area contributed by atoms with Crippen LogP contribution in [0.5, 0.6) is 11.5 Å². The Morgan fingerprint density at radius 3 is 2.50 bits per heavy atom. The van der Waals surface area contributed by atoms with Gasteiger partial charge in [0.2, 0.25) is 5.90 Å². The Morgan fingerprint density at radius 2 is 1.78 bits per heavy atom. The summed E-state index contributed by atoms with van der Waals surface area (Å²) in [4.78, 5) is 29.0. The summed E-state index contributed by atoms with van der Waals surface area (Å²) < 4.78 is 16.4. The molecule has 32 heavy (non-hydrogen) atoms. The van der Waals surface area contributed by atoms with E-state index in [1.807, 2.05) is 37.3 Å². The van der Waals surface area contributed by atoms with Gasteiger partial charge in [-0.2, -0.15) is 0 Å². The van der Waals surface area contributed by atoms with Crippen molar-refractivity contribution in [2.75, 3.05) is 6.61 Å². The molecule has 6 nitrogen and oxygen atoms in total. The van der Waals surface area contributed by atoms with Crippen molar-refractivity contribution in [3.05, 3.63) is 100 Å². The number of carbonyl (C=O) groups excluding carboxylic acids is 2. The molecular weight excluding hydrogens is 430 g/mol. The van der Waals surface area contributed by atoms with Crippen molar-refractivity contribution in [3.8, 4) is 11.5 Å². The van der Waals surface area contributed by atoms with Crippen molar-refractivity contribution in [3.63, 3.8) is 0 Å². The van der Waals surface area contributed by atoms with Crippen LogP contribution in [0.2, 0.25) is 5.02 Å². The zero-order valence-electron chi connectivity index (χ0n) is 17.1. The van der Waals surface area contributed by atoms with E-state index >= 15 is 0 Å². The van der Waals surface area contributed by atoms with Crippen LogP contribution in [0.4, 0.5) is 0 Å². The maximum atomic E-state index is 12.4. The lowest BCUT2D eigenvalue weighted by atomic mass is 10.1. The molecule has 4 rings (SSSR count). The normalized spacial score (nSPS) is 14.1. The van der Waals surface area contributed by atoms with Gasteiger partial charge in [-0.1, -0.05) is 35.9 Å². The average molecular weight is 448 g/mol. The maximum absolute atomic E-state index is 12.4. The number of esters is 2. The highest BCUT2D eigenvalue weighted by Gasteiger charge is 2.24. The second kappa shape index (κ2) is 9.49. The van der Waals surface area contributed by atoms with Crippen molar-refractivity contribution >= 4 is 35.5 Å². The van der Waals surface area contributed by atoms with Gasteiger partial charge in [0.05, 0.1) is 12.2 Å². The lowest BCUT2D eigenvalue weighted by Crippen LogP contribution is -2.09. The van der Waals surface area contributed by atoms with E-state index in [1.165, 1.54) is 0 Å². The van der Waals surface area contributed by atoms with E-state index in [1.54, 1.807) is 48.5 Å². The molecule has 3 aromatic rings. The zero-order valence-corrected chi connectivity index (χ0v) is 17.8. The third-order valence-corrected chi connectivity index (χ3v) is 4.75. The van der Waals surface area contributed by atoms with Crippen LogP contribution in [0.15, 0.2) is 83.5 Å². The van der Waals surface area contributed by atoms with Crippen molar-refractivity contribution in [2.45, 2.75) is 6.92 Å². The molecule has 1 aliphatic heterocycles. The standard InChI is InChI=1S/C25H18ClNO5/c1-2-30-22-15-16(8-13-21(22)31-24(28)18-9-11-19(26)12-10-18)14-20-25(29)32-23(27-20)17-6-4-3-5-7-17/h3-15H,2H2,1H3/b20-14+. The Labute approximate surface area is 189 Å². The summed E-state index contributed by atoms with van der Waals surface area (Å²) in [7, 11) is 0. The molecule has 3 aromatic carbocycles. The van der Waals surface area contributed by atoms with Crippen LogP contribution in [-0.4, -0.2) is 24.4 Å². The summed E-state index contributed by atoms with van der Waals surface area (Å²) in [6.45, 7) is 2.19. The molecule has 0 saturated heterocycles. The number of halogens is 1. The minimum atomic E-state index is -0.542. The summed E-state index contributed by atoms with van der Waals surface area (Å²) in [5, 5.41) is 0.525. The largest absolute Gasteiger partial charge is 0.490 e. The molecule has 0 spiro atoms. The number of hydrogen-bond donors (Lipinski definition) is 0. The molecule has 0 radical (unpaired) electrons. The van der Waals surface area contributed by atoms with E-state index in [0.29, 0.717) is 34.1 Å². The van der Waals surface area contributed by atoms with Crippen LogP contribution in [0.3, 0.4) is 0 Å². The molecule has 0 aliphatic carbocycles. The molecule has 0 bridgehead atoms. The average Bonchev–Trinajstić information content (AvgIpc) is 3.17. The Balaban J connectivity index is 1.58. The summed E-state index contributed by atoms with van der Waals surface area (Å²) >= 11 is 5.86. The smallest absolute Gasteiger partial charge is 0.363 e. The molecular formula is C25H18ClNO5. The fourth-order valence-corrected chi connectivity index (χ4v) is 3.11. The third-order valence-electron chi connectivity index (χ3n) is 4.49. The Kier molecular flexibility index (Phi) is 6.33. The first kappa shape index (κ1) is 21.3. The lowest BCUT2D eigenvalue weighted by Gasteiger charge is -2.11. The highest BCUT2D eigenvalue weighted by molar-refractivity contribution is 6.30. The molecule has 0 N–H and O–H groups in total. The van der Waals surface area contributed by atoms with Gasteiger partial charge in [0.15, 0.2) is 17.2 Å². The van der Waals surface area contributed by atoms with Gasteiger partial charge in [-0.15, -0.1) is 0 Å². The third kappa shape index (κ3) is 4.87. The SMILES string of the molecule is CCOc1cc(/C=C2/N=C(c3ccccc3)OC2=O)ccc1OC(=O)c1ccc(Cl)cc1. The molecule has 0 unspecified atom stereocenters. The first-order valence-corrected chi connectivity index (χ1v) is 10.2. The monoisotopic (exact) mass is 447 g/mol. The minimum absolute atomic E-state index is 0.164. The second-order valence-electron chi connectivity index (χ2n) is 6.74. The van der Waals surface area contributed by atoms with Gasteiger partial charge in [0.1, 0.15) is 0 Å². The van der Waals surface area contributed by atoms with Crippen LogP contribution >= 0.6 is 11.6 Å². The number of cyclic esters (lactones) is 1. The van der Waals surface area contributed by atoms with Gasteiger partial charge in [0, 0.05) is 10.6 Å². The topological polar surface area (TPSA) is 74.2 Å². The lowest BCUT2D eigenvalue weighted by molar-refractivity contribution is -0.129. The molecule has 0 fully saturated rings. The number of benzene rings is 3. The van der Waals surface area contributed by atoms with E-state index in [0.717, 1.165) is 0 Å². The number of nitrogens with zero attached hydrogens (tertiary/aromatic N) is 1. The van der Waals surface area contributed by atoms with Crippen molar-refractivity contribution in [2.24, 2.45) is 4.99 Å². The molecule has 0 saturated carbocycles. The molecule has 7 heteroatoms. The van der Waals surface area contributed by atoms with Crippen LogP contribution in [0, 0.1) is 0 Å². The molecule has 1 heterocycles. The molecule has 1 aliphatic rings. The molecule has 0 amide bonds. The first-order chi connectivity index (χ1) is 15.5. The molecule has 0 atom stereocenters. The van der Waals surface area contributed by atoms with Gasteiger partial charge in [-0.3, -0.25) is 0 Å². The number of carbonyl (C=O) groups is 2. The predicted octanol–water partition coefficient (Wildman–Crippen LogP) is 5.30. The highest BCUT2D eigenvalue weighted by Crippen LogP contribution is 2.31. The zero-order chi connectivity index (χ0) is 22.5. The first-order valence-electron chi connectivity index (χ1n) is 9.86. The van der Waals surface area contributed by atoms with E-state index in [2.05, 4.69) is 4.99 Å². The van der Waals surface area contributed by atoms with Crippen LogP contribution in [0.25, 0.3) is 6.08 Å². The summed E-state index contributed by atoms with van der Waals surface area (Å²) in [6, 6.07) is 20.5. The number of ether oxygens (including phenoxy) is 3. The van der Waals surface area contributed by atoms with Crippen molar-refractivity contribution in [1.82, 2.24) is 0 Å². The summed E-state index contributed by atoms with van der Waals surface area (Å²) in [5.74, 6) is -0.204. The van der Waals surface area contributed by atoms with Crippen LogP contribution in [-0.2, 0) is 9.53 Å². The van der Waals surface area contributed by atoms with E-state index in [-0.39, 0.29) is 17.3 Å². The summed E-state index contributed by atoms with van der Waals surface area (Å²) in [5.41, 5.74) is 1.88. The number of rotatable bonds is 6. The van der Waals surface area contributed by atoms with E-state index in [9.17, 15) is 9.59 Å². The minimum Gasteiger partial charge on any atom is -0.490 e. The van der Waals surface area contributed by atoms with E-state index < -0.39 is 11.9 Å². The van der Waals surface area contributed by atoms with Crippen LogP contribution < -0.4 is 9.47 Å². The van der Waals surface area contributed by atoms with Gasteiger partial charge in [-0.05, 0) is 67.1 Å². The Bertz CT molecular complexity index is 1220. The Hall–Kier alpha value is -3.90. The number of aliphatic imine (C=N–C) groups is 1. The van der Waals surface area contributed by atoms with Gasteiger partial charge in [0.25, 0.3) is 0 Å². The fraction of sp³-hybridized carbons (Fsp3) is 0.0800. The van der Waals surface area contributed by atoms with Gasteiger partial charge < -0.3 is 14.2 Å². The molecule has 160 valence electrons. The fourth-order valence-electron chi connectivity index (χ4n) is 2.98. The Morgan fingerprint density at radius 1 is 1.03 bits per heavy atom. The maximum Gasteiger partial charge on any atom is 0.363 e. The van der Waals surface area contributed by atoms with Crippen molar-refractivity contribution < 1.29 is 23.8 Å². The number of hydrogen-bond acceptors (Lipinski definition) is 6. The quantitative estimate of drug-likeness (QED) is 0.291. The van der Waals surface area contributed by atoms with Gasteiger partial charge in [-0.25, -0.2) is 14.6 Å². The van der Waals surface area contributed by atoms with Crippen molar-refractivity contribution in [1.29, 1.82) is 0 Å². The summed E-state index contributed by atoms with van der Waals surface area (Å²) in [6.07, 6.45) is 1.59. The van der Waals surface area contributed by atoms with Gasteiger partial charge >= 0.3 is 11.9 Å². The predicted molar refractivity (Wildman–Crippen MR) is 121 cm³/mol. The van der Waals surface area contributed by atoms with E-state index in [4.69, 9.17) is 25.8 Å². The molecule has 0 aromatic heterocycles. The highest BCUT2D eigenvalue weighted by atomic mass is 35.5. The van der Waals surface area contributed by atoms with Crippen LogP contribution in [0.1, 0.15) is 28.4 Å². The second-order valence-corrected chi connectivity index (χ2v) is 7.17.